The molecule has 0 radical (unpaired) electrons. The van der Waals surface area contributed by atoms with Crippen LogP contribution in [0.2, 0.25) is 0 Å². The van der Waals surface area contributed by atoms with Crippen molar-refractivity contribution in [3.8, 4) is 0 Å². The molecule has 0 spiro atoms. The van der Waals surface area contributed by atoms with Gasteiger partial charge in [0.05, 0.1) is 24.8 Å². The zero-order chi connectivity index (χ0) is 13.7. The number of nitrogens with zero attached hydrogens (tertiary/aromatic N) is 2. The van der Waals surface area contributed by atoms with E-state index in [2.05, 4.69) is 10.4 Å². The monoisotopic (exact) mass is 257 g/mol. The van der Waals surface area contributed by atoms with Gasteiger partial charge in [-0.3, -0.25) is 14.3 Å². The number of carbonyl (C=O) groups excluding carboxylic acids is 2. The Labute approximate surface area is 111 Å². The minimum atomic E-state index is -0.313. The molecule has 5 heteroatoms. The van der Waals surface area contributed by atoms with Crippen molar-refractivity contribution in [3.63, 3.8) is 0 Å². The van der Waals surface area contributed by atoms with E-state index in [1.54, 1.807) is 17.1 Å². The van der Waals surface area contributed by atoms with Gasteiger partial charge in [-0.25, -0.2) is 0 Å². The van der Waals surface area contributed by atoms with Crippen molar-refractivity contribution in [1.82, 2.24) is 9.78 Å². The van der Waals surface area contributed by atoms with E-state index >= 15 is 0 Å². The maximum absolute atomic E-state index is 11.4. The Morgan fingerprint density at radius 3 is 2.68 bits per heavy atom. The van der Waals surface area contributed by atoms with Crippen LogP contribution >= 0.6 is 0 Å². The van der Waals surface area contributed by atoms with Crippen LogP contribution in [-0.2, 0) is 16.1 Å². The van der Waals surface area contributed by atoms with Crippen LogP contribution in [0, 0.1) is 0 Å². The lowest BCUT2D eigenvalue weighted by Crippen LogP contribution is -2.14. The quantitative estimate of drug-likeness (QED) is 0.831. The smallest absolute Gasteiger partial charge is 0.231 e. The Hall–Kier alpha value is -2.43. The predicted molar refractivity (Wildman–Crippen MR) is 71.7 cm³/mol. The Balaban J connectivity index is 1.96. The van der Waals surface area contributed by atoms with Gasteiger partial charge in [0.2, 0.25) is 5.91 Å². The van der Waals surface area contributed by atoms with Gasteiger partial charge in [-0.15, -0.1) is 0 Å². The summed E-state index contributed by atoms with van der Waals surface area (Å²) in [6, 6.07) is 9.91. The number of anilines is 1. The standard InChI is InChI=1S/C14H15N3O2/c1-11(18)7-14(19)16-13-8-15-17(10-13)9-12-5-3-2-4-6-12/h2-6,8,10H,7,9H2,1H3,(H,16,19). The summed E-state index contributed by atoms with van der Waals surface area (Å²) >= 11 is 0. The Morgan fingerprint density at radius 2 is 2.00 bits per heavy atom. The predicted octanol–water partition coefficient (Wildman–Crippen LogP) is 1.85. The highest BCUT2D eigenvalue weighted by atomic mass is 16.2. The van der Waals surface area contributed by atoms with Gasteiger partial charge in [-0.2, -0.15) is 5.10 Å². The van der Waals surface area contributed by atoms with Crippen LogP contribution in [0.15, 0.2) is 42.7 Å². The molecule has 0 bridgehead atoms. The fraction of sp³-hybridized carbons (Fsp3) is 0.214. The van der Waals surface area contributed by atoms with E-state index in [0.717, 1.165) is 5.56 Å². The first-order valence-corrected chi connectivity index (χ1v) is 5.99. The second kappa shape index (κ2) is 5.95. The Bertz CT molecular complexity index is 575. The molecule has 98 valence electrons. The highest BCUT2D eigenvalue weighted by Gasteiger charge is 2.07. The van der Waals surface area contributed by atoms with Crippen LogP contribution in [0.4, 0.5) is 5.69 Å². The summed E-state index contributed by atoms with van der Waals surface area (Å²) < 4.78 is 1.73. The number of hydrogen-bond donors (Lipinski definition) is 1. The minimum Gasteiger partial charge on any atom is -0.323 e. The van der Waals surface area contributed by atoms with Crippen molar-refractivity contribution < 1.29 is 9.59 Å². The van der Waals surface area contributed by atoms with Crippen LogP contribution in [-0.4, -0.2) is 21.5 Å². The fourth-order valence-corrected chi connectivity index (χ4v) is 1.72. The number of ketones is 1. The lowest BCUT2D eigenvalue weighted by molar-refractivity contribution is -0.124. The summed E-state index contributed by atoms with van der Waals surface area (Å²) in [5.41, 5.74) is 1.73. The molecular weight excluding hydrogens is 242 g/mol. The first kappa shape index (κ1) is 13.0. The summed E-state index contributed by atoms with van der Waals surface area (Å²) in [4.78, 5) is 22.2. The van der Waals surface area contributed by atoms with Crippen molar-refractivity contribution in [3.05, 3.63) is 48.3 Å². The number of nitrogens with one attached hydrogen (secondary N) is 1. The number of Topliss-reactive ketones (excluding diaryl/α,β-unsaturated/α-hetero) is 1. The molecule has 0 aliphatic carbocycles. The summed E-state index contributed by atoms with van der Waals surface area (Å²) in [7, 11) is 0. The largest absolute Gasteiger partial charge is 0.323 e. The van der Waals surface area contributed by atoms with Crippen LogP contribution in [0.5, 0.6) is 0 Å². The van der Waals surface area contributed by atoms with Gasteiger partial charge in [0.25, 0.3) is 0 Å². The molecular formula is C14H15N3O2. The van der Waals surface area contributed by atoms with Gasteiger partial charge >= 0.3 is 0 Å². The third-order valence-corrected chi connectivity index (χ3v) is 2.51. The van der Waals surface area contributed by atoms with Crippen molar-refractivity contribution in [2.75, 3.05) is 5.32 Å². The van der Waals surface area contributed by atoms with Gasteiger partial charge in [0, 0.05) is 6.20 Å². The lowest BCUT2D eigenvalue weighted by atomic mass is 10.2. The van der Waals surface area contributed by atoms with Crippen LogP contribution in [0.1, 0.15) is 18.9 Å². The number of aromatic nitrogens is 2. The molecule has 1 amide bonds. The molecule has 19 heavy (non-hydrogen) atoms. The molecule has 1 aromatic carbocycles. The van der Waals surface area contributed by atoms with Gasteiger partial charge < -0.3 is 5.32 Å². The molecule has 2 rings (SSSR count). The van der Waals surface area contributed by atoms with E-state index in [9.17, 15) is 9.59 Å². The van der Waals surface area contributed by atoms with Crippen molar-refractivity contribution in [2.45, 2.75) is 19.9 Å². The van der Waals surface area contributed by atoms with E-state index in [-0.39, 0.29) is 18.1 Å². The molecule has 0 atom stereocenters. The highest BCUT2D eigenvalue weighted by Crippen LogP contribution is 2.08. The number of carbonyl (C=O) groups is 2. The van der Waals surface area contributed by atoms with E-state index in [4.69, 9.17) is 0 Å². The second-order valence-electron chi connectivity index (χ2n) is 4.34. The average Bonchev–Trinajstić information content (AvgIpc) is 2.76. The number of benzene rings is 1. The second-order valence-corrected chi connectivity index (χ2v) is 4.34. The summed E-state index contributed by atoms with van der Waals surface area (Å²) in [6.07, 6.45) is 3.20. The fourth-order valence-electron chi connectivity index (χ4n) is 1.72. The highest BCUT2D eigenvalue weighted by molar-refractivity contribution is 6.03. The van der Waals surface area contributed by atoms with E-state index in [0.29, 0.717) is 12.2 Å². The molecule has 0 unspecified atom stereocenters. The van der Waals surface area contributed by atoms with Gasteiger partial charge in [-0.1, -0.05) is 30.3 Å². The third kappa shape index (κ3) is 4.06. The normalized spacial score (nSPS) is 10.2. The first-order valence-electron chi connectivity index (χ1n) is 5.99. The lowest BCUT2D eigenvalue weighted by Gasteiger charge is -2.01. The molecule has 0 aliphatic heterocycles. The topological polar surface area (TPSA) is 64.0 Å². The van der Waals surface area contributed by atoms with E-state index in [1.807, 2.05) is 30.3 Å². The summed E-state index contributed by atoms with van der Waals surface area (Å²) in [6.45, 7) is 2.03. The molecule has 0 fully saturated rings. The van der Waals surface area contributed by atoms with Crippen LogP contribution < -0.4 is 5.32 Å². The van der Waals surface area contributed by atoms with Crippen molar-refractivity contribution in [1.29, 1.82) is 0 Å². The molecule has 1 aromatic heterocycles. The Kier molecular flexibility index (Phi) is 4.07. The molecule has 0 saturated carbocycles. The van der Waals surface area contributed by atoms with E-state index < -0.39 is 0 Å². The first-order chi connectivity index (χ1) is 9.13. The molecule has 0 saturated heterocycles. The van der Waals surface area contributed by atoms with Gasteiger partial charge in [-0.05, 0) is 12.5 Å². The van der Waals surface area contributed by atoms with Crippen LogP contribution in [0.25, 0.3) is 0 Å². The minimum absolute atomic E-state index is 0.107. The van der Waals surface area contributed by atoms with Crippen molar-refractivity contribution in [2.24, 2.45) is 0 Å². The van der Waals surface area contributed by atoms with E-state index in [1.165, 1.54) is 6.92 Å². The molecule has 0 aliphatic rings. The molecule has 5 nitrogen and oxygen atoms in total. The zero-order valence-electron chi connectivity index (χ0n) is 10.7. The van der Waals surface area contributed by atoms with Crippen LogP contribution in [0.3, 0.4) is 0 Å². The molecule has 1 N–H and O–H groups in total. The maximum atomic E-state index is 11.4. The Morgan fingerprint density at radius 1 is 1.26 bits per heavy atom. The number of rotatable bonds is 5. The maximum Gasteiger partial charge on any atom is 0.231 e. The molecule has 1 heterocycles. The SMILES string of the molecule is CC(=O)CC(=O)Nc1cnn(Cc2ccccc2)c1. The zero-order valence-corrected chi connectivity index (χ0v) is 10.7. The van der Waals surface area contributed by atoms with Gasteiger partial charge in [0.1, 0.15) is 5.78 Å². The third-order valence-electron chi connectivity index (χ3n) is 2.51. The summed E-state index contributed by atoms with van der Waals surface area (Å²) in [5, 5.41) is 6.80. The summed E-state index contributed by atoms with van der Waals surface area (Å²) in [5.74, 6) is -0.471. The number of hydrogen-bond acceptors (Lipinski definition) is 3. The van der Waals surface area contributed by atoms with Crippen molar-refractivity contribution >= 4 is 17.4 Å². The number of amides is 1. The molecule has 2 aromatic rings. The average molecular weight is 257 g/mol. The van der Waals surface area contributed by atoms with Gasteiger partial charge in [0.15, 0.2) is 0 Å².